The van der Waals surface area contributed by atoms with Crippen LogP contribution in [0.1, 0.15) is 17.3 Å². The highest BCUT2D eigenvalue weighted by Gasteiger charge is 2.32. The normalized spacial score (nSPS) is 17.1. The Labute approximate surface area is 129 Å². The van der Waals surface area contributed by atoms with Crippen molar-refractivity contribution in [1.82, 2.24) is 4.90 Å². The molecule has 0 N–H and O–H groups in total. The van der Waals surface area contributed by atoms with Crippen molar-refractivity contribution in [2.75, 3.05) is 37.6 Å². The molecule has 0 aliphatic carbocycles. The molecule has 0 unspecified atom stereocenters. The van der Waals surface area contributed by atoms with Gasteiger partial charge in [0.2, 0.25) is 0 Å². The first-order valence-corrected chi connectivity index (χ1v) is 7.40. The Morgan fingerprint density at radius 1 is 1.24 bits per heavy atom. The van der Waals surface area contributed by atoms with Crippen LogP contribution in [0.5, 0.6) is 0 Å². The third-order valence-corrected chi connectivity index (χ3v) is 3.95. The van der Waals surface area contributed by atoms with E-state index in [1.54, 1.807) is 6.07 Å². The summed E-state index contributed by atoms with van der Waals surface area (Å²) in [4.78, 5) is 15.1. The topological polar surface area (TPSA) is 23.6 Å². The molecule has 7 heteroatoms. The van der Waals surface area contributed by atoms with E-state index in [0.717, 1.165) is 10.2 Å². The third kappa shape index (κ3) is 4.44. The summed E-state index contributed by atoms with van der Waals surface area (Å²) in [5, 5.41) is 0. The monoisotopic (exact) mass is 364 g/mol. The quantitative estimate of drug-likeness (QED) is 0.768. The maximum Gasteiger partial charge on any atom is 0.401 e. The lowest BCUT2D eigenvalue weighted by Crippen LogP contribution is -2.49. The molecule has 0 radical (unpaired) electrons. The van der Waals surface area contributed by atoms with Gasteiger partial charge >= 0.3 is 6.18 Å². The minimum atomic E-state index is -4.16. The van der Waals surface area contributed by atoms with E-state index in [4.69, 9.17) is 0 Å². The number of hydrogen-bond donors (Lipinski definition) is 0. The summed E-state index contributed by atoms with van der Waals surface area (Å²) >= 11 is 3.33. The van der Waals surface area contributed by atoms with Crippen molar-refractivity contribution in [3.05, 3.63) is 28.2 Å². The van der Waals surface area contributed by atoms with Gasteiger partial charge in [0, 0.05) is 41.9 Å². The predicted molar refractivity (Wildman–Crippen MR) is 78.9 cm³/mol. The van der Waals surface area contributed by atoms with Gasteiger partial charge in [0.05, 0.1) is 6.54 Å². The molecule has 2 rings (SSSR count). The fourth-order valence-corrected chi connectivity index (χ4v) is 2.83. The van der Waals surface area contributed by atoms with Gasteiger partial charge in [-0.2, -0.15) is 13.2 Å². The lowest BCUT2D eigenvalue weighted by Gasteiger charge is -2.37. The van der Waals surface area contributed by atoms with Gasteiger partial charge in [-0.1, -0.05) is 15.9 Å². The van der Waals surface area contributed by atoms with Crippen LogP contribution in [0.3, 0.4) is 0 Å². The van der Waals surface area contributed by atoms with Gasteiger partial charge in [-0.05, 0) is 25.1 Å². The maximum atomic E-state index is 12.4. The first kappa shape index (κ1) is 16.3. The molecular formula is C14H16BrF3N2O. The van der Waals surface area contributed by atoms with Crippen molar-refractivity contribution in [3.8, 4) is 0 Å². The van der Waals surface area contributed by atoms with Crippen LogP contribution in [0.15, 0.2) is 22.7 Å². The molecule has 116 valence electrons. The van der Waals surface area contributed by atoms with Crippen molar-refractivity contribution in [3.63, 3.8) is 0 Å². The fourth-order valence-electron chi connectivity index (χ4n) is 2.47. The summed E-state index contributed by atoms with van der Waals surface area (Å²) in [7, 11) is 0. The first-order chi connectivity index (χ1) is 9.76. The second-order valence-corrected chi connectivity index (χ2v) is 6.01. The van der Waals surface area contributed by atoms with Gasteiger partial charge in [0.25, 0.3) is 0 Å². The molecule has 0 bridgehead atoms. The lowest BCUT2D eigenvalue weighted by molar-refractivity contribution is -0.146. The first-order valence-electron chi connectivity index (χ1n) is 6.61. The summed E-state index contributed by atoms with van der Waals surface area (Å²) in [6, 6.07) is 5.42. The summed E-state index contributed by atoms with van der Waals surface area (Å²) in [5.41, 5.74) is 1.38. The average molecular weight is 365 g/mol. The number of halogens is 4. The highest BCUT2D eigenvalue weighted by molar-refractivity contribution is 9.10. The van der Waals surface area contributed by atoms with Crippen LogP contribution in [0.4, 0.5) is 18.9 Å². The van der Waals surface area contributed by atoms with Crippen LogP contribution >= 0.6 is 15.9 Å². The van der Waals surface area contributed by atoms with Crippen LogP contribution in [-0.4, -0.2) is 49.6 Å². The lowest BCUT2D eigenvalue weighted by atomic mass is 10.1. The average Bonchev–Trinajstić information content (AvgIpc) is 2.38. The number of carbonyl (C=O) groups excluding carboxylic acids is 1. The van der Waals surface area contributed by atoms with Gasteiger partial charge in [-0.15, -0.1) is 0 Å². The Bertz CT molecular complexity index is 525. The van der Waals surface area contributed by atoms with Crippen LogP contribution in [0, 0.1) is 0 Å². The Morgan fingerprint density at radius 2 is 1.86 bits per heavy atom. The highest BCUT2D eigenvalue weighted by atomic mass is 79.9. The van der Waals surface area contributed by atoms with E-state index in [1.807, 2.05) is 17.0 Å². The molecule has 1 saturated heterocycles. The van der Waals surface area contributed by atoms with E-state index in [-0.39, 0.29) is 5.78 Å². The minimum Gasteiger partial charge on any atom is -0.368 e. The number of nitrogens with zero attached hydrogens (tertiary/aromatic N) is 2. The molecule has 0 aromatic heterocycles. The van der Waals surface area contributed by atoms with Crippen molar-refractivity contribution in [2.45, 2.75) is 13.1 Å². The number of piperazine rings is 1. The minimum absolute atomic E-state index is 0.0518. The van der Waals surface area contributed by atoms with Crippen molar-refractivity contribution in [1.29, 1.82) is 0 Å². The van der Waals surface area contributed by atoms with E-state index in [9.17, 15) is 18.0 Å². The zero-order valence-electron chi connectivity index (χ0n) is 11.6. The maximum absolute atomic E-state index is 12.4. The van der Waals surface area contributed by atoms with E-state index < -0.39 is 12.7 Å². The van der Waals surface area contributed by atoms with Gasteiger partial charge in [-0.3, -0.25) is 9.69 Å². The van der Waals surface area contributed by atoms with E-state index in [1.165, 1.54) is 11.8 Å². The molecule has 1 aliphatic rings. The predicted octanol–water partition coefficient (Wildman–Crippen LogP) is 3.34. The largest absolute Gasteiger partial charge is 0.401 e. The molecule has 0 spiro atoms. The number of benzene rings is 1. The number of Topliss-reactive ketones (excluding diaryl/α,β-unsaturated/α-hetero) is 1. The van der Waals surface area contributed by atoms with Gasteiger partial charge in [0.15, 0.2) is 5.78 Å². The summed E-state index contributed by atoms with van der Waals surface area (Å²) < 4.78 is 37.9. The number of ketones is 1. The zero-order chi connectivity index (χ0) is 15.6. The summed E-state index contributed by atoms with van der Waals surface area (Å²) in [6.45, 7) is 2.27. The standard InChI is InChI=1S/C14H16BrF3N2O/c1-10(21)12-8-11(15)2-3-13(12)20-6-4-19(5-7-20)9-14(16,17)18/h2-3,8H,4-7,9H2,1H3. The molecule has 1 aromatic carbocycles. The summed E-state index contributed by atoms with van der Waals surface area (Å²) in [6.07, 6.45) is -4.16. The fraction of sp³-hybridized carbons (Fsp3) is 0.500. The smallest absolute Gasteiger partial charge is 0.368 e. The van der Waals surface area contributed by atoms with Crippen molar-refractivity contribution in [2.24, 2.45) is 0 Å². The van der Waals surface area contributed by atoms with E-state index in [2.05, 4.69) is 15.9 Å². The van der Waals surface area contributed by atoms with Crippen LogP contribution in [0.25, 0.3) is 0 Å². The Kier molecular flexibility index (Phi) is 4.93. The van der Waals surface area contributed by atoms with Gasteiger partial charge in [0.1, 0.15) is 0 Å². The summed E-state index contributed by atoms with van der Waals surface area (Å²) in [5.74, 6) is -0.0518. The molecule has 3 nitrogen and oxygen atoms in total. The highest BCUT2D eigenvalue weighted by Crippen LogP contribution is 2.27. The number of hydrogen-bond acceptors (Lipinski definition) is 3. The second-order valence-electron chi connectivity index (χ2n) is 5.10. The Morgan fingerprint density at radius 3 is 2.38 bits per heavy atom. The zero-order valence-corrected chi connectivity index (χ0v) is 13.2. The van der Waals surface area contributed by atoms with Gasteiger partial charge in [-0.25, -0.2) is 0 Å². The van der Waals surface area contributed by atoms with Crippen LogP contribution < -0.4 is 4.90 Å². The number of alkyl halides is 3. The Balaban J connectivity index is 2.07. The molecule has 1 fully saturated rings. The molecule has 1 aromatic rings. The molecule has 1 aliphatic heterocycles. The molecular weight excluding hydrogens is 349 g/mol. The Hall–Kier alpha value is -1.08. The number of carbonyl (C=O) groups is 1. The van der Waals surface area contributed by atoms with E-state index >= 15 is 0 Å². The third-order valence-electron chi connectivity index (χ3n) is 3.45. The molecule has 21 heavy (non-hydrogen) atoms. The van der Waals surface area contributed by atoms with Crippen molar-refractivity contribution >= 4 is 27.4 Å². The molecule has 0 amide bonds. The SMILES string of the molecule is CC(=O)c1cc(Br)ccc1N1CCN(CC(F)(F)F)CC1. The van der Waals surface area contributed by atoms with E-state index in [0.29, 0.717) is 31.7 Å². The van der Waals surface area contributed by atoms with Crippen LogP contribution in [-0.2, 0) is 0 Å². The van der Waals surface area contributed by atoms with Gasteiger partial charge < -0.3 is 4.90 Å². The van der Waals surface area contributed by atoms with Crippen molar-refractivity contribution < 1.29 is 18.0 Å². The van der Waals surface area contributed by atoms with Crippen LogP contribution in [0.2, 0.25) is 0 Å². The molecule has 0 atom stereocenters. The number of rotatable bonds is 3. The molecule has 1 heterocycles. The second kappa shape index (κ2) is 6.36. The number of anilines is 1. The molecule has 0 saturated carbocycles.